The lowest BCUT2D eigenvalue weighted by Crippen LogP contribution is -2.21. The average molecular weight is 482 g/mol. The van der Waals surface area contributed by atoms with Crippen molar-refractivity contribution >= 4 is 23.0 Å². The first kappa shape index (κ1) is 23.5. The van der Waals surface area contributed by atoms with Gasteiger partial charge in [-0.15, -0.1) is 0 Å². The molecule has 4 aromatic rings. The summed E-state index contributed by atoms with van der Waals surface area (Å²) in [6.07, 6.45) is -2.66. The van der Waals surface area contributed by atoms with Crippen molar-refractivity contribution in [3.63, 3.8) is 0 Å². The predicted octanol–water partition coefficient (Wildman–Crippen LogP) is 3.83. The van der Waals surface area contributed by atoms with Gasteiger partial charge in [0.1, 0.15) is 11.6 Å². The van der Waals surface area contributed by atoms with Gasteiger partial charge in [-0.05, 0) is 48.4 Å². The molecule has 178 valence electrons. The number of H-pyrrole nitrogens is 1. The van der Waals surface area contributed by atoms with E-state index in [4.69, 9.17) is 30.6 Å². The van der Waals surface area contributed by atoms with Crippen molar-refractivity contribution in [3.8, 4) is 23.1 Å². The third kappa shape index (κ3) is 5.30. The smallest absolute Gasteiger partial charge is 0.490 e. The second-order valence-electron chi connectivity index (χ2n) is 7.60. The minimum Gasteiger partial charge on any atom is -0.493 e. The molecule has 2 aromatic heterocycles. The number of aromatic amines is 1. The number of imidazole rings is 1. The Morgan fingerprint density at radius 2 is 1.97 bits per heavy atom. The molecule has 0 saturated heterocycles. The van der Waals surface area contributed by atoms with Crippen molar-refractivity contribution in [1.82, 2.24) is 19.9 Å². The summed E-state index contributed by atoms with van der Waals surface area (Å²) in [7, 11) is 0. The van der Waals surface area contributed by atoms with Crippen LogP contribution in [0.1, 0.15) is 22.9 Å². The molecule has 1 atom stereocenters. The SMILES string of the molecule is N#Cc1ccc2c(c1)CC(c1nc3ccc(-c4ccnc(N)n4)cc3[nH]1)CO2.O=C(O)C(F)(F)F. The van der Waals surface area contributed by atoms with Gasteiger partial charge in [0.2, 0.25) is 5.95 Å². The number of fused-ring (bicyclic) bond motifs is 2. The molecule has 0 bridgehead atoms. The maximum Gasteiger partial charge on any atom is 0.490 e. The maximum atomic E-state index is 10.6. The number of anilines is 1. The molecule has 12 heteroatoms. The van der Waals surface area contributed by atoms with Crippen molar-refractivity contribution in [2.75, 3.05) is 12.3 Å². The number of alkyl halides is 3. The zero-order valence-electron chi connectivity index (χ0n) is 17.9. The number of benzene rings is 2. The summed E-state index contributed by atoms with van der Waals surface area (Å²) in [6.45, 7) is 0.550. The zero-order chi connectivity index (χ0) is 25.2. The highest BCUT2D eigenvalue weighted by Gasteiger charge is 2.38. The first-order valence-corrected chi connectivity index (χ1v) is 10.2. The van der Waals surface area contributed by atoms with E-state index in [0.717, 1.165) is 45.8 Å². The normalized spacial score (nSPS) is 14.7. The maximum absolute atomic E-state index is 10.6. The first-order valence-electron chi connectivity index (χ1n) is 10.2. The fourth-order valence-electron chi connectivity index (χ4n) is 3.56. The third-order valence-corrected chi connectivity index (χ3v) is 5.20. The molecule has 35 heavy (non-hydrogen) atoms. The van der Waals surface area contributed by atoms with E-state index in [2.05, 4.69) is 21.0 Å². The summed E-state index contributed by atoms with van der Waals surface area (Å²) in [6, 6.07) is 15.5. The Labute approximate surface area is 196 Å². The molecule has 4 N–H and O–H groups in total. The Bertz CT molecular complexity index is 1440. The van der Waals surface area contributed by atoms with Crippen molar-refractivity contribution in [1.29, 1.82) is 5.26 Å². The molecule has 3 heterocycles. The highest BCUT2D eigenvalue weighted by Crippen LogP contribution is 2.33. The quantitative estimate of drug-likeness (QED) is 0.390. The molecule has 0 amide bonds. The zero-order valence-corrected chi connectivity index (χ0v) is 17.9. The van der Waals surface area contributed by atoms with Crippen LogP contribution in [0, 0.1) is 11.3 Å². The molecule has 1 aliphatic rings. The third-order valence-electron chi connectivity index (χ3n) is 5.20. The Morgan fingerprint density at radius 1 is 1.20 bits per heavy atom. The molecule has 1 unspecified atom stereocenters. The summed E-state index contributed by atoms with van der Waals surface area (Å²) in [5, 5.41) is 16.3. The summed E-state index contributed by atoms with van der Waals surface area (Å²) >= 11 is 0. The van der Waals surface area contributed by atoms with E-state index in [1.165, 1.54) is 0 Å². The van der Waals surface area contributed by atoms with Crippen molar-refractivity contribution in [2.45, 2.75) is 18.5 Å². The van der Waals surface area contributed by atoms with E-state index in [0.29, 0.717) is 12.2 Å². The largest absolute Gasteiger partial charge is 0.493 e. The number of ether oxygens (including phenoxy) is 1. The second kappa shape index (κ2) is 9.30. The van der Waals surface area contributed by atoms with Crippen LogP contribution in [0.2, 0.25) is 0 Å². The lowest BCUT2D eigenvalue weighted by atomic mass is 9.95. The van der Waals surface area contributed by atoms with Crippen LogP contribution in [-0.4, -0.2) is 43.8 Å². The summed E-state index contributed by atoms with van der Waals surface area (Å²) in [5.74, 6) is -0.686. The number of nitrogens with two attached hydrogens (primary N) is 1. The Kier molecular flexibility index (Phi) is 6.24. The van der Waals surface area contributed by atoms with E-state index in [9.17, 15) is 13.2 Å². The van der Waals surface area contributed by atoms with Gasteiger partial charge in [0.25, 0.3) is 0 Å². The highest BCUT2D eigenvalue weighted by molar-refractivity contribution is 5.81. The van der Waals surface area contributed by atoms with Crippen LogP contribution in [0.5, 0.6) is 5.75 Å². The molecule has 0 aliphatic carbocycles. The van der Waals surface area contributed by atoms with Gasteiger partial charge in [-0.2, -0.15) is 18.4 Å². The number of nitrogens with zero attached hydrogens (tertiary/aromatic N) is 4. The Balaban J connectivity index is 0.000000364. The van der Waals surface area contributed by atoms with Crippen molar-refractivity contribution in [3.05, 3.63) is 65.6 Å². The number of rotatable bonds is 2. The van der Waals surface area contributed by atoms with Gasteiger partial charge in [0.15, 0.2) is 0 Å². The molecule has 2 aromatic carbocycles. The monoisotopic (exact) mass is 482 g/mol. The minimum absolute atomic E-state index is 0.104. The van der Waals surface area contributed by atoms with Crippen molar-refractivity contribution in [2.24, 2.45) is 0 Å². The molecule has 0 fully saturated rings. The second-order valence-corrected chi connectivity index (χ2v) is 7.60. The fourth-order valence-corrected chi connectivity index (χ4v) is 3.56. The van der Waals surface area contributed by atoms with E-state index < -0.39 is 12.1 Å². The van der Waals surface area contributed by atoms with Crippen molar-refractivity contribution < 1.29 is 27.8 Å². The minimum atomic E-state index is -5.08. The number of hydrogen-bond acceptors (Lipinski definition) is 7. The molecule has 0 saturated carbocycles. The van der Waals surface area contributed by atoms with Crippen LogP contribution in [0.25, 0.3) is 22.3 Å². The number of aromatic nitrogens is 4. The molecular formula is C23H17F3N6O3. The number of nitrogen functional groups attached to an aromatic ring is 1. The molecular weight excluding hydrogens is 465 g/mol. The van der Waals surface area contributed by atoms with E-state index in [1.807, 2.05) is 36.4 Å². The van der Waals surface area contributed by atoms with Gasteiger partial charge in [-0.25, -0.2) is 19.7 Å². The number of carboxylic acid groups (broad SMARTS) is 1. The van der Waals surface area contributed by atoms with Gasteiger partial charge in [0, 0.05) is 11.8 Å². The standard InChI is InChI=1S/C21H16N6O.C2HF3O2/c22-10-12-1-4-19-14(7-12)8-15(11-28-19)20-25-17-3-2-13(9-18(17)26-20)16-5-6-24-21(23)27-16;3-2(4,5)1(6)7/h1-7,9,15H,8,11H2,(H,25,26)(H2,23,24,27);(H,6,7). The molecule has 0 radical (unpaired) electrons. The highest BCUT2D eigenvalue weighted by atomic mass is 19.4. The van der Waals surface area contributed by atoms with Crippen LogP contribution in [0.15, 0.2) is 48.7 Å². The number of hydrogen-bond donors (Lipinski definition) is 3. The number of aliphatic carboxylic acids is 1. The van der Waals surface area contributed by atoms with Gasteiger partial charge >= 0.3 is 12.1 Å². The fraction of sp³-hybridized carbons (Fsp3) is 0.174. The van der Waals surface area contributed by atoms with Gasteiger partial charge < -0.3 is 20.6 Å². The number of carboxylic acids is 1. The van der Waals surface area contributed by atoms with Crippen LogP contribution in [0.4, 0.5) is 19.1 Å². The molecule has 1 aliphatic heterocycles. The number of halogens is 3. The van der Waals surface area contributed by atoms with Crippen LogP contribution in [-0.2, 0) is 11.2 Å². The lowest BCUT2D eigenvalue weighted by Gasteiger charge is -2.24. The lowest BCUT2D eigenvalue weighted by molar-refractivity contribution is -0.192. The number of nitriles is 1. The summed E-state index contributed by atoms with van der Waals surface area (Å²) in [5.41, 5.74) is 10.9. The van der Waals surface area contributed by atoms with E-state index in [-0.39, 0.29) is 11.9 Å². The predicted molar refractivity (Wildman–Crippen MR) is 118 cm³/mol. The van der Waals surface area contributed by atoms with Gasteiger partial charge in [-0.3, -0.25) is 0 Å². The van der Waals surface area contributed by atoms with Gasteiger partial charge in [-0.1, -0.05) is 6.07 Å². The Hall–Kier alpha value is -4.66. The first-order chi connectivity index (χ1) is 16.6. The molecule has 5 rings (SSSR count). The van der Waals surface area contributed by atoms with Gasteiger partial charge in [0.05, 0.1) is 40.9 Å². The van der Waals surface area contributed by atoms with Crippen LogP contribution < -0.4 is 10.5 Å². The number of nitrogens with one attached hydrogen (secondary N) is 1. The molecule has 9 nitrogen and oxygen atoms in total. The van der Waals surface area contributed by atoms with Crippen LogP contribution in [0.3, 0.4) is 0 Å². The molecule has 0 spiro atoms. The summed E-state index contributed by atoms with van der Waals surface area (Å²) < 4.78 is 37.6. The van der Waals surface area contributed by atoms with E-state index in [1.54, 1.807) is 12.3 Å². The summed E-state index contributed by atoms with van der Waals surface area (Å²) in [4.78, 5) is 25.3. The van der Waals surface area contributed by atoms with Crippen LogP contribution >= 0.6 is 0 Å². The average Bonchev–Trinajstić information content (AvgIpc) is 3.26. The Morgan fingerprint density at radius 3 is 2.66 bits per heavy atom. The topological polar surface area (TPSA) is 151 Å². The van der Waals surface area contributed by atoms with E-state index >= 15 is 0 Å². The number of carbonyl (C=O) groups is 1.